The first-order chi connectivity index (χ1) is 14.5. The molecule has 2 aromatic carbocycles. The van der Waals surface area contributed by atoms with Crippen molar-refractivity contribution in [2.75, 3.05) is 13.7 Å². The zero-order valence-corrected chi connectivity index (χ0v) is 19.8. The summed E-state index contributed by atoms with van der Waals surface area (Å²) in [5, 5.41) is 10.6. The Hall–Kier alpha value is -2.80. The van der Waals surface area contributed by atoms with Crippen molar-refractivity contribution in [2.45, 2.75) is 13.5 Å². The van der Waals surface area contributed by atoms with Gasteiger partial charge in [-0.1, -0.05) is 48.0 Å². The van der Waals surface area contributed by atoms with Crippen LogP contribution in [-0.2, 0) is 11.3 Å². The Balaban J connectivity index is 0.00000341. The monoisotopic (exact) mass is 427 g/mol. The van der Waals surface area contributed by atoms with Crippen LogP contribution in [0.4, 0.5) is 0 Å². The summed E-state index contributed by atoms with van der Waals surface area (Å²) in [6.07, 6.45) is 5.63. The number of aryl methyl sites for hydroxylation is 1. The van der Waals surface area contributed by atoms with Crippen LogP contribution < -0.4 is 44.1 Å². The van der Waals surface area contributed by atoms with Gasteiger partial charge in [0.05, 0.1) is 18.8 Å². The van der Waals surface area contributed by atoms with Gasteiger partial charge < -0.3 is 23.9 Å². The van der Waals surface area contributed by atoms with Gasteiger partial charge in [0, 0.05) is 18.3 Å². The molecule has 31 heavy (non-hydrogen) atoms. The molecule has 0 spiro atoms. The van der Waals surface area contributed by atoms with Crippen molar-refractivity contribution in [3.8, 4) is 11.5 Å². The maximum Gasteiger partial charge on any atom is 1.00 e. The van der Waals surface area contributed by atoms with Gasteiger partial charge >= 0.3 is 29.6 Å². The van der Waals surface area contributed by atoms with Gasteiger partial charge in [-0.25, -0.2) is 0 Å². The Morgan fingerprint density at radius 1 is 1.06 bits per heavy atom. The molecule has 0 fully saturated rings. The number of nitrogens with zero attached hydrogens (tertiary/aromatic N) is 1. The van der Waals surface area contributed by atoms with Gasteiger partial charge in [0.25, 0.3) is 0 Å². The summed E-state index contributed by atoms with van der Waals surface area (Å²) in [7, 11) is 1.48. The number of hydrogen-bond acceptors (Lipinski definition) is 5. The molecular formula is C24H22NNaO5. The number of carbonyl (C=O) groups excluding carboxylic acids is 2. The number of benzene rings is 2. The van der Waals surface area contributed by atoms with E-state index in [1.165, 1.54) is 7.11 Å². The summed E-state index contributed by atoms with van der Waals surface area (Å²) in [4.78, 5) is 23.4. The van der Waals surface area contributed by atoms with Gasteiger partial charge in [0.2, 0.25) is 5.78 Å². The number of allylic oxidation sites excluding steroid dienone is 1. The van der Waals surface area contributed by atoms with Crippen LogP contribution in [-0.4, -0.2) is 30.0 Å². The predicted molar refractivity (Wildman–Crippen MR) is 112 cm³/mol. The molecule has 0 unspecified atom stereocenters. The van der Waals surface area contributed by atoms with Gasteiger partial charge in [-0.2, -0.15) is 0 Å². The van der Waals surface area contributed by atoms with Crippen molar-refractivity contribution >= 4 is 17.8 Å². The third-order valence-electron chi connectivity index (χ3n) is 4.52. The molecule has 0 atom stereocenters. The molecule has 0 N–H and O–H groups in total. The van der Waals surface area contributed by atoms with E-state index in [0.717, 1.165) is 11.1 Å². The fourth-order valence-corrected chi connectivity index (χ4v) is 2.98. The molecule has 0 saturated heterocycles. The van der Waals surface area contributed by atoms with Gasteiger partial charge in [-0.05, 0) is 36.8 Å². The van der Waals surface area contributed by atoms with Gasteiger partial charge in [-0.15, -0.1) is 0 Å². The summed E-state index contributed by atoms with van der Waals surface area (Å²) in [6, 6.07) is 16.4. The second-order valence-corrected chi connectivity index (χ2v) is 6.71. The fraction of sp³-hybridized carbons (Fsp3) is 0.167. The number of methoxy groups -OCH3 is 1. The minimum Gasteiger partial charge on any atom is -0.546 e. The number of ether oxygens (including phenoxy) is 2. The summed E-state index contributed by atoms with van der Waals surface area (Å²) in [6.45, 7) is 1.93. The van der Waals surface area contributed by atoms with Crippen LogP contribution in [0.5, 0.6) is 11.5 Å². The summed E-state index contributed by atoms with van der Waals surface area (Å²) in [5.41, 5.74) is 3.17. The van der Waals surface area contributed by atoms with Crippen LogP contribution in [0.25, 0.3) is 6.08 Å². The van der Waals surface area contributed by atoms with Crippen LogP contribution >= 0.6 is 0 Å². The van der Waals surface area contributed by atoms with Crippen LogP contribution in [0.1, 0.15) is 27.2 Å². The first kappa shape index (κ1) is 24.5. The van der Waals surface area contributed by atoms with Gasteiger partial charge in [0.15, 0.2) is 11.5 Å². The number of carbonyl (C=O) groups is 2. The standard InChI is InChI=1S/C24H23NO5.Na/c1-17-7-10-19(11-8-17)24(28)20-6-4-14-25(20)13-3-5-18-9-12-21(29-2)22(15-18)30-16-23(26)27;/h3-12,14-15H,13,16H2,1-2H3,(H,26,27);/q;+1/p-1/b5-3+;. The number of aromatic nitrogens is 1. The van der Waals surface area contributed by atoms with E-state index in [2.05, 4.69) is 0 Å². The number of aliphatic carboxylic acids is 1. The Morgan fingerprint density at radius 3 is 2.48 bits per heavy atom. The van der Waals surface area contributed by atoms with E-state index in [9.17, 15) is 14.7 Å². The average molecular weight is 427 g/mol. The van der Waals surface area contributed by atoms with Crippen molar-refractivity contribution in [1.82, 2.24) is 4.57 Å². The maximum absolute atomic E-state index is 12.8. The van der Waals surface area contributed by atoms with Crippen molar-refractivity contribution in [3.63, 3.8) is 0 Å². The molecule has 7 heteroatoms. The molecule has 1 aromatic heterocycles. The molecule has 0 saturated carbocycles. The molecule has 0 bridgehead atoms. The quantitative estimate of drug-likeness (QED) is 0.352. The van der Waals surface area contributed by atoms with E-state index in [0.29, 0.717) is 29.3 Å². The molecule has 154 valence electrons. The van der Waals surface area contributed by atoms with Crippen molar-refractivity contribution < 1.29 is 53.7 Å². The second-order valence-electron chi connectivity index (χ2n) is 6.71. The number of carboxylic acids is 1. The molecule has 0 amide bonds. The first-order valence-electron chi connectivity index (χ1n) is 9.41. The molecule has 0 aliphatic heterocycles. The van der Waals surface area contributed by atoms with E-state index in [-0.39, 0.29) is 35.3 Å². The average Bonchev–Trinajstić information content (AvgIpc) is 3.21. The summed E-state index contributed by atoms with van der Waals surface area (Å²) < 4.78 is 12.3. The van der Waals surface area contributed by atoms with Crippen molar-refractivity contribution in [3.05, 3.63) is 89.3 Å². The Labute approximate surface area is 203 Å². The molecule has 0 aliphatic carbocycles. The molecule has 3 aromatic rings. The normalized spacial score (nSPS) is 10.5. The van der Waals surface area contributed by atoms with E-state index in [1.807, 2.05) is 66.2 Å². The number of hydrogen-bond donors (Lipinski definition) is 0. The van der Waals surface area contributed by atoms with Crippen molar-refractivity contribution in [1.29, 1.82) is 0 Å². The van der Waals surface area contributed by atoms with E-state index in [4.69, 9.17) is 9.47 Å². The van der Waals surface area contributed by atoms with Crippen LogP contribution in [0.3, 0.4) is 0 Å². The van der Waals surface area contributed by atoms with E-state index in [1.54, 1.807) is 18.2 Å². The molecule has 3 rings (SSSR count). The third kappa shape index (κ3) is 6.59. The Morgan fingerprint density at radius 2 is 1.81 bits per heavy atom. The number of ketones is 1. The largest absolute Gasteiger partial charge is 1.00 e. The number of carboxylic acid groups (broad SMARTS) is 1. The molecule has 1 heterocycles. The van der Waals surface area contributed by atoms with Crippen LogP contribution in [0.15, 0.2) is 66.9 Å². The van der Waals surface area contributed by atoms with Gasteiger partial charge in [-0.3, -0.25) is 4.79 Å². The minimum atomic E-state index is -1.31. The van der Waals surface area contributed by atoms with Gasteiger partial charge in [0.1, 0.15) is 6.61 Å². The zero-order chi connectivity index (χ0) is 21.5. The molecule has 0 aliphatic rings. The summed E-state index contributed by atoms with van der Waals surface area (Å²) in [5.74, 6) is -0.586. The number of rotatable bonds is 9. The smallest absolute Gasteiger partial charge is 0.546 e. The van der Waals surface area contributed by atoms with Crippen molar-refractivity contribution in [2.24, 2.45) is 0 Å². The molecule has 6 nitrogen and oxygen atoms in total. The SMILES string of the molecule is COc1ccc(/C=C/Cn2cccc2C(=O)c2ccc(C)cc2)cc1OCC(=O)[O-].[Na+]. The predicted octanol–water partition coefficient (Wildman–Crippen LogP) is -0.118. The third-order valence-corrected chi connectivity index (χ3v) is 4.52. The Kier molecular flexibility index (Phi) is 9.12. The second kappa shape index (κ2) is 11.6. The topological polar surface area (TPSA) is 80.6 Å². The molecular weight excluding hydrogens is 405 g/mol. The minimum absolute atomic E-state index is 0. The maximum atomic E-state index is 12.8. The zero-order valence-electron chi connectivity index (χ0n) is 17.8. The fourth-order valence-electron chi connectivity index (χ4n) is 2.98. The molecule has 0 radical (unpaired) electrons. The van der Waals surface area contributed by atoms with E-state index < -0.39 is 12.6 Å². The van der Waals surface area contributed by atoms with Crippen LogP contribution in [0.2, 0.25) is 0 Å². The van der Waals surface area contributed by atoms with Crippen LogP contribution in [0, 0.1) is 6.92 Å². The van der Waals surface area contributed by atoms with E-state index >= 15 is 0 Å². The first-order valence-corrected chi connectivity index (χ1v) is 9.41. The summed E-state index contributed by atoms with van der Waals surface area (Å²) >= 11 is 0. The Bertz CT molecular complexity index is 1070.